The molecule has 2 heterocycles. The van der Waals surface area contributed by atoms with Crippen LogP contribution in [0.15, 0.2) is 34.9 Å². The van der Waals surface area contributed by atoms with Crippen molar-refractivity contribution in [2.75, 3.05) is 0 Å². The SMILES string of the molecule is CCc1nc2c(C)cc(Br)cn2c1OC(=O)NCc1cc(Cl)cc(Cl)c1. The van der Waals surface area contributed by atoms with Crippen molar-refractivity contribution in [2.24, 2.45) is 0 Å². The largest absolute Gasteiger partial charge is 0.414 e. The molecule has 0 spiro atoms. The highest BCUT2D eigenvalue weighted by atomic mass is 79.9. The van der Waals surface area contributed by atoms with Crippen molar-refractivity contribution in [3.05, 3.63) is 61.8 Å². The molecule has 5 nitrogen and oxygen atoms in total. The van der Waals surface area contributed by atoms with E-state index in [1.807, 2.05) is 26.1 Å². The van der Waals surface area contributed by atoms with Crippen molar-refractivity contribution >= 4 is 50.9 Å². The summed E-state index contributed by atoms with van der Waals surface area (Å²) >= 11 is 15.4. The summed E-state index contributed by atoms with van der Waals surface area (Å²) in [6.07, 6.45) is 1.90. The molecule has 1 aromatic carbocycles. The van der Waals surface area contributed by atoms with Gasteiger partial charge < -0.3 is 10.1 Å². The molecule has 0 unspecified atom stereocenters. The Hall–Kier alpha value is -1.76. The Bertz CT molecular complexity index is 968. The fraction of sp³-hybridized carbons (Fsp3) is 0.222. The minimum atomic E-state index is -0.574. The Morgan fingerprint density at radius 1 is 1.27 bits per heavy atom. The number of carbonyl (C=O) groups excluding carboxylic acids is 1. The van der Waals surface area contributed by atoms with Gasteiger partial charge in [0.15, 0.2) is 0 Å². The first-order chi connectivity index (χ1) is 12.4. The number of hydrogen-bond donors (Lipinski definition) is 1. The lowest BCUT2D eigenvalue weighted by molar-refractivity contribution is 0.197. The highest BCUT2D eigenvalue weighted by Gasteiger charge is 2.17. The Labute approximate surface area is 169 Å². The highest BCUT2D eigenvalue weighted by Crippen LogP contribution is 2.26. The van der Waals surface area contributed by atoms with Gasteiger partial charge in [0, 0.05) is 27.3 Å². The molecule has 3 aromatic rings. The second kappa shape index (κ2) is 7.86. The molecule has 0 saturated carbocycles. The monoisotopic (exact) mass is 455 g/mol. The van der Waals surface area contributed by atoms with Crippen LogP contribution in [-0.2, 0) is 13.0 Å². The van der Waals surface area contributed by atoms with E-state index in [0.29, 0.717) is 28.0 Å². The maximum atomic E-state index is 12.3. The van der Waals surface area contributed by atoms with Crippen molar-refractivity contribution in [1.82, 2.24) is 14.7 Å². The molecule has 0 aliphatic carbocycles. The first kappa shape index (κ1) is 19.0. The van der Waals surface area contributed by atoms with Crippen molar-refractivity contribution in [1.29, 1.82) is 0 Å². The summed E-state index contributed by atoms with van der Waals surface area (Å²) in [6, 6.07) is 7.07. The van der Waals surface area contributed by atoms with Gasteiger partial charge in [0.2, 0.25) is 5.88 Å². The van der Waals surface area contributed by atoms with E-state index in [9.17, 15) is 4.79 Å². The fourth-order valence-corrected chi connectivity index (χ4v) is 3.76. The van der Waals surface area contributed by atoms with Crippen LogP contribution >= 0.6 is 39.1 Å². The lowest BCUT2D eigenvalue weighted by atomic mass is 10.2. The number of pyridine rings is 1. The Morgan fingerprint density at radius 3 is 2.62 bits per heavy atom. The van der Waals surface area contributed by atoms with Crippen LogP contribution in [0.5, 0.6) is 5.88 Å². The van der Waals surface area contributed by atoms with Gasteiger partial charge in [-0.3, -0.25) is 4.40 Å². The minimum Gasteiger partial charge on any atom is -0.391 e. The lowest BCUT2D eigenvalue weighted by Gasteiger charge is -2.09. The molecule has 0 fully saturated rings. The van der Waals surface area contributed by atoms with Crippen LogP contribution < -0.4 is 10.1 Å². The number of amides is 1. The normalized spacial score (nSPS) is 11.0. The maximum absolute atomic E-state index is 12.3. The minimum absolute atomic E-state index is 0.250. The standard InChI is InChI=1S/C18H16BrCl2N3O2/c1-3-15-17(24-9-12(19)4-10(2)16(24)23-15)26-18(25)22-8-11-5-13(20)7-14(21)6-11/h4-7,9H,3,8H2,1-2H3,(H,22,25). The van der Waals surface area contributed by atoms with Crippen molar-refractivity contribution in [3.8, 4) is 5.88 Å². The van der Waals surface area contributed by atoms with Crippen LogP contribution in [-0.4, -0.2) is 15.5 Å². The van der Waals surface area contributed by atoms with Crippen LogP contribution in [0.3, 0.4) is 0 Å². The number of benzene rings is 1. The molecule has 0 radical (unpaired) electrons. The summed E-state index contributed by atoms with van der Waals surface area (Å²) in [5, 5.41) is 3.73. The molecule has 0 bridgehead atoms. The molecule has 0 aliphatic rings. The highest BCUT2D eigenvalue weighted by molar-refractivity contribution is 9.10. The van der Waals surface area contributed by atoms with E-state index in [2.05, 4.69) is 26.2 Å². The number of hydrogen-bond acceptors (Lipinski definition) is 3. The zero-order valence-corrected chi connectivity index (χ0v) is 17.2. The smallest absolute Gasteiger partial charge is 0.391 e. The van der Waals surface area contributed by atoms with Gasteiger partial charge in [0.25, 0.3) is 0 Å². The molecular weight excluding hydrogens is 441 g/mol. The summed E-state index contributed by atoms with van der Waals surface area (Å²) in [5.41, 5.74) is 3.24. The average Bonchev–Trinajstić information content (AvgIpc) is 2.90. The van der Waals surface area contributed by atoms with Gasteiger partial charge in [-0.05, 0) is 64.7 Å². The van der Waals surface area contributed by atoms with Crippen molar-refractivity contribution in [3.63, 3.8) is 0 Å². The number of imidazole rings is 1. The van der Waals surface area contributed by atoms with Gasteiger partial charge >= 0.3 is 6.09 Å². The molecule has 0 atom stereocenters. The first-order valence-corrected chi connectivity index (χ1v) is 9.50. The zero-order valence-electron chi connectivity index (χ0n) is 14.1. The molecule has 0 saturated heterocycles. The van der Waals surface area contributed by atoms with E-state index < -0.39 is 6.09 Å². The van der Waals surface area contributed by atoms with Crippen LogP contribution in [0.25, 0.3) is 5.65 Å². The van der Waals surface area contributed by atoms with Crippen LogP contribution in [0.1, 0.15) is 23.7 Å². The molecular formula is C18H16BrCl2N3O2. The molecule has 2 aromatic heterocycles. The number of nitrogens with zero attached hydrogens (tertiary/aromatic N) is 2. The first-order valence-electron chi connectivity index (χ1n) is 7.95. The van der Waals surface area contributed by atoms with E-state index in [0.717, 1.165) is 21.2 Å². The molecule has 3 rings (SSSR count). The molecule has 8 heteroatoms. The van der Waals surface area contributed by atoms with E-state index >= 15 is 0 Å². The summed E-state index contributed by atoms with van der Waals surface area (Å²) in [6.45, 7) is 4.17. The quantitative estimate of drug-likeness (QED) is 0.558. The molecule has 1 N–H and O–H groups in total. The summed E-state index contributed by atoms with van der Waals surface area (Å²) in [5.74, 6) is 0.411. The third-order valence-corrected chi connectivity index (χ3v) is 4.65. The fourth-order valence-electron chi connectivity index (χ4n) is 2.64. The Kier molecular flexibility index (Phi) is 5.75. The number of aromatic nitrogens is 2. The number of halogens is 3. The van der Waals surface area contributed by atoms with Crippen LogP contribution in [0.2, 0.25) is 10.0 Å². The second-order valence-corrected chi connectivity index (χ2v) is 7.56. The maximum Gasteiger partial charge on any atom is 0.414 e. The molecule has 0 aliphatic heterocycles. The number of fused-ring (bicyclic) bond motifs is 1. The zero-order chi connectivity index (χ0) is 18.8. The predicted octanol–water partition coefficient (Wildman–Crippen LogP) is 5.56. The van der Waals surface area contributed by atoms with Crippen LogP contribution in [0, 0.1) is 6.92 Å². The predicted molar refractivity (Wildman–Crippen MR) is 106 cm³/mol. The van der Waals surface area contributed by atoms with Crippen molar-refractivity contribution in [2.45, 2.75) is 26.8 Å². The molecule has 26 heavy (non-hydrogen) atoms. The third kappa shape index (κ3) is 4.14. The van der Waals surface area contributed by atoms with Gasteiger partial charge in [-0.2, -0.15) is 0 Å². The van der Waals surface area contributed by atoms with Gasteiger partial charge in [-0.1, -0.05) is 30.1 Å². The van der Waals surface area contributed by atoms with Crippen molar-refractivity contribution < 1.29 is 9.53 Å². The lowest BCUT2D eigenvalue weighted by Crippen LogP contribution is -2.27. The van der Waals surface area contributed by atoms with E-state index in [4.69, 9.17) is 27.9 Å². The van der Waals surface area contributed by atoms with E-state index in [-0.39, 0.29) is 6.54 Å². The van der Waals surface area contributed by atoms with E-state index in [1.54, 1.807) is 22.6 Å². The second-order valence-electron chi connectivity index (χ2n) is 5.77. The molecule has 136 valence electrons. The average molecular weight is 457 g/mol. The number of carbonyl (C=O) groups is 1. The Balaban J connectivity index is 1.80. The topological polar surface area (TPSA) is 55.6 Å². The van der Waals surface area contributed by atoms with Gasteiger partial charge in [0.05, 0.1) is 0 Å². The summed E-state index contributed by atoms with van der Waals surface area (Å²) < 4.78 is 8.19. The van der Waals surface area contributed by atoms with Gasteiger partial charge in [-0.25, -0.2) is 9.78 Å². The Morgan fingerprint density at radius 2 is 1.96 bits per heavy atom. The summed E-state index contributed by atoms with van der Waals surface area (Å²) in [4.78, 5) is 16.9. The number of rotatable bonds is 4. The number of aryl methyl sites for hydroxylation is 2. The van der Waals surface area contributed by atoms with E-state index in [1.165, 1.54) is 0 Å². The molecule has 1 amide bonds. The third-order valence-electron chi connectivity index (χ3n) is 3.78. The van der Waals surface area contributed by atoms with Crippen LogP contribution in [0.4, 0.5) is 4.79 Å². The summed E-state index contributed by atoms with van der Waals surface area (Å²) in [7, 11) is 0. The van der Waals surface area contributed by atoms with Gasteiger partial charge in [-0.15, -0.1) is 0 Å². The number of nitrogens with one attached hydrogen (secondary N) is 1. The van der Waals surface area contributed by atoms with Gasteiger partial charge in [0.1, 0.15) is 11.3 Å². The number of ether oxygens (including phenoxy) is 1.